The second-order valence-electron chi connectivity index (χ2n) is 3.69. The third kappa shape index (κ3) is 1.75. The molecule has 1 saturated carbocycles. The Bertz CT molecular complexity index is 409. The van der Waals surface area contributed by atoms with E-state index in [-0.39, 0.29) is 5.92 Å². The summed E-state index contributed by atoms with van der Waals surface area (Å²) in [5.41, 5.74) is 1.12. The van der Waals surface area contributed by atoms with Crippen LogP contribution in [0.1, 0.15) is 17.9 Å². The van der Waals surface area contributed by atoms with Gasteiger partial charge in [0.25, 0.3) is 0 Å². The van der Waals surface area contributed by atoms with E-state index in [1.54, 1.807) is 14.2 Å². The standard InChI is InChI=1S/C12H13NO2/c1-14-9-3-4-10(12(6-9)15-2)11-5-8(11)7-13/h3-4,6,8,11H,5H2,1-2H3. The Kier molecular flexibility index (Phi) is 2.51. The van der Waals surface area contributed by atoms with Crippen molar-refractivity contribution in [2.75, 3.05) is 14.2 Å². The fourth-order valence-corrected chi connectivity index (χ4v) is 1.81. The Hall–Kier alpha value is -1.69. The van der Waals surface area contributed by atoms with Crippen LogP contribution in [0.5, 0.6) is 11.5 Å². The van der Waals surface area contributed by atoms with Gasteiger partial charge in [0.05, 0.1) is 26.2 Å². The van der Waals surface area contributed by atoms with Crippen LogP contribution in [-0.4, -0.2) is 14.2 Å². The number of nitriles is 1. The van der Waals surface area contributed by atoms with Gasteiger partial charge >= 0.3 is 0 Å². The molecule has 0 aromatic heterocycles. The van der Waals surface area contributed by atoms with Crippen LogP contribution in [0.25, 0.3) is 0 Å². The number of nitrogens with zero attached hydrogens (tertiary/aromatic N) is 1. The molecule has 1 aliphatic rings. The first-order valence-electron chi connectivity index (χ1n) is 4.91. The summed E-state index contributed by atoms with van der Waals surface area (Å²) in [7, 11) is 3.27. The fourth-order valence-electron chi connectivity index (χ4n) is 1.81. The molecule has 3 nitrogen and oxygen atoms in total. The van der Waals surface area contributed by atoms with Crippen molar-refractivity contribution in [3.63, 3.8) is 0 Å². The predicted octanol–water partition coefficient (Wildman–Crippen LogP) is 2.33. The Morgan fingerprint density at radius 2 is 2.13 bits per heavy atom. The second-order valence-corrected chi connectivity index (χ2v) is 3.69. The number of methoxy groups -OCH3 is 2. The summed E-state index contributed by atoms with van der Waals surface area (Å²) in [4.78, 5) is 0. The van der Waals surface area contributed by atoms with Crippen molar-refractivity contribution < 1.29 is 9.47 Å². The molecule has 2 atom stereocenters. The molecule has 1 aromatic rings. The van der Waals surface area contributed by atoms with Crippen LogP contribution in [-0.2, 0) is 0 Å². The van der Waals surface area contributed by atoms with E-state index in [0.717, 1.165) is 23.5 Å². The molecule has 15 heavy (non-hydrogen) atoms. The summed E-state index contributed by atoms with van der Waals surface area (Å²) in [6.07, 6.45) is 0.944. The van der Waals surface area contributed by atoms with E-state index in [1.165, 1.54) is 0 Å². The molecular weight excluding hydrogens is 190 g/mol. The normalized spacial score (nSPS) is 23.0. The van der Waals surface area contributed by atoms with E-state index in [4.69, 9.17) is 14.7 Å². The monoisotopic (exact) mass is 203 g/mol. The zero-order chi connectivity index (χ0) is 10.8. The van der Waals surface area contributed by atoms with Crippen LogP contribution >= 0.6 is 0 Å². The quantitative estimate of drug-likeness (QED) is 0.757. The molecule has 2 rings (SSSR count). The first-order valence-corrected chi connectivity index (χ1v) is 4.91. The minimum atomic E-state index is 0.160. The Morgan fingerprint density at radius 1 is 1.33 bits per heavy atom. The number of hydrogen-bond acceptors (Lipinski definition) is 3. The third-order valence-corrected chi connectivity index (χ3v) is 2.80. The van der Waals surface area contributed by atoms with Crippen molar-refractivity contribution in [2.24, 2.45) is 5.92 Å². The smallest absolute Gasteiger partial charge is 0.126 e. The van der Waals surface area contributed by atoms with E-state index >= 15 is 0 Å². The van der Waals surface area contributed by atoms with Gasteiger partial charge in [0.2, 0.25) is 0 Å². The van der Waals surface area contributed by atoms with Crippen molar-refractivity contribution in [3.8, 4) is 17.6 Å². The van der Waals surface area contributed by atoms with Crippen LogP contribution in [0.15, 0.2) is 18.2 Å². The highest BCUT2D eigenvalue weighted by atomic mass is 16.5. The minimum absolute atomic E-state index is 0.160. The van der Waals surface area contributed by atoms with Crippen molar-refractivity contribution in [3.05, 3.63) is 23.8 Å². The maximum absolute atomic E-state index is 8.79. The van der Waals surface area contributed by atoms with Crippen LogP contribution in [0.4, 0.5) is 0 Å². The lowest BCUT2D eigenvalue weighted by Gasteiger charge is -2.09. The van der Waals surface area contributed by atoms with E-state index in [0.29, 0.717) is 5.92 Å². The molecule has 0 radical (unpaired) electrons. The van der Waals surface area contributed by atoms with Gasteiger partial charge in [-0.15, -0.1) is 0 Å². The Labute approximate surface area is 89.2 Å². The molecule has 0 spiro atoms. The lowest BCUT2D eigenvalue weighted by molar-refractivity contribution is 0.391. The molecule has 0 saturated heterocycles. The van der Waals surface area contributed by atoms with Gasteiger partial charge in [-0.25, -0.2) is 0 Å². The van der Waals surface area contributed by atoms with Crippen molar-refractivity contribution >= 4 is 0 Å². The van der Waals surface area contributed by atoms with E-state index in [1.807, 2.05) is 18.2 Å². The zero-order valence-corrected chi connectivity index (χ0v) is 8.86. The number of hydrogen-bond donors (Lipinski definition) is 0. The first-order chi connectivity index (χ1) is 7.30. The average molecular weight is 203 g/mol. The van der Waals surface area contributed by atoms with Crippen molar-refractivity contribution in [1.29, 1.82) is 5.26 Å². The summed E-state index contributed by atoms with van der Waals surface area (Å²) in [6, 6.07) is 8.04. The maximum Gasteiger partial charge on any atom is 0.126 e. The summed E-state index contributed by atoms with van der Waals surface area (Å²) in [5.74, 6) is 2.10. The summed E-state index contributed by atoms with van der Waals surface area (Å²) < 4.78 is 10.4. The van der Waals surface area contributed by atoms with Gasteiger partial charge in [-0.1, -0.05) is 6.07 Å². The average Bonchev–Trinajstić information content (AvgIpc) is 3.07. The first kappa shape index (κ1) is 9.85. The minimum Gasteiger partial charge on any atom is -0.497 e. The molecular formula is C12H13NO2. The molecule has 0 N–H and O–H groups in total. The van der Waals surface area contributed by atoms with E-state index < -0.39 is 0 Å². The summed E-state index contributed by atoms with van der Waals surface area (Å²) >= 11 is 0. The van der Waals surface area contributed by atoms with Gasteiger partial charge in [-0.2, -0.15) is 5.26 Å². The molecule has 0 aliphatic heterocycles. The van der Waals surface area contributed by atoms with Gasteiger partial charge in [0.15, 0.2) is 0 Å². The number of rotatable bonds is 3. The maximum atomic E-state index is 8.79. The second kappa shape index (κ2) is 3.82. The van der Waals surface area contributed by atoms with Gasteiger partial charge < -0.3 is 9.47 Å². The van der Waals surface area contributed by atoms with Gasteiger partial charge in [0.1, 0.15) is 11.5 Å². The van der Waals surface area contributed by atoms with Crippen LogP contribution in [0.3, 0.4) is 0 Å². The van der Waals surface area contributed by atoms with Crippen LogP contribution in [0, 0.1) is 17.2 Å². The highest BCUT2D eigenvalue weighted by Gasteiger charge is 2.40. The molecule has 2 unspecified atom stereocenters. The zero-order valence-electron chi connectivity index (χ0n) is 8.86. The highest BCUT2D eigenvalue weighted by Crippen LogP contribution is 2.50. The van der Waals surface area contributed by atoms with Gasteiger partial charge in [0, 0.05) is 12.0 Å². The van der Waals surface area contributed by atoms with Crippen LogP contribution in [0.2, 0.25) is 0 Å². The molecule has 1 fully saturated rings. The third-order valence-electron chi connectivity index (χ3n) is 2.80. The SMILES string of the molecule is COc1ccc(C2CC2C#N)c(OC)c1. The molecule has 0 heterocycles. The van der Waals surface area contributed by atoms with Crippen molar-refractivity contribution in [1.82, 2.24) is 0 Å². The van der Waals surface area contributed by atoms with Gasteiger partial charge in [-0.05, 0) is 18.1 Å². The Morgan fingerprint density at radius 3 is 2.67 bits per heavy atom. The van der Waals surface area contributed by atoms with Crippen molar-refractivity contribution in [2.45, 2.75) is 12.3 Å². The Balaban J connectivity index is 2.29. The topological polar surface area (TPSA) is 42.2 Å². The van der Waals surface area contributed by atoms with E-state index in [9.17, 15) is 0 Å². The van der Waals surface area contributed by atoms with E-state index in [2.05, 4.69) is 6.07 Å². The number of ether oxygens (including phenoxy) is 2. The molecule has 78 valence electrons. The summed E-state index contributed by atoms with van der Waals surface area (Å²) in [6.45, 7) is 0. The largest absolute Gasteiger partial charge is 0.497 e. The number of benzene rings is 1. The lowest BCUT2D eigenvalue weighted by Crippen LogP contribution is -1.92. The molecule has 3 heteroatoms. The lowest BCUT2D eigenvalue weighted by atomic mass is 10.1. The highest BCUT2D eigenvalue weighted by molar-refractivity contribution is 5.45. The molecule has 0 amide bonds. The predicted molar refractivity (Wildman–Crippen MR) is 56.0 cm³/mol. The van der Waals surface area contributed by atoms with Gasteiger partial charge in [-0.3, -0.25) is 0 Å². The fraction of sp³-hybridized carbons (Fsp3) is 0.417. The molecule has 0 bridgehead atoms. The summed E-state index contributed by atoms with van der Waals surface area (Å²) in [5, 5.41) is 8.79. The molecule has 1 aromatic carbocycles. The van der Waals surface area contributed by atoms with Crippen LogP contribution < -0.4 is 9.47 Å². The molecule has 1 aliphatic carbocycles.